The lowest BCUT2D eigenvalue weighted by molar-refractivity contribution is -0.129. The van der Waals surface area contributed by atoms with Crippen molar-refractivity contribution in [2.24, 2.45) is 17.3 Å². The largest absolute Gasteiger partial charge is 0.299 e. The Bertz CT molecular complexity index is 290. The summed E-state index contributed by atoms with van der Waals surface area (Å²) in [5.74, 6) is 7.31. The number of carbonyl (C=O) groups is 1. The van der Waals surface area contributed by atoms with E-state index in [0.29, 0.717) is 11.7 Å². The molecular formula is C14H22O. The summed E-state index contributed by atoms with van der Waals surface area (Å²) >= 11 is 0. The van der Waals surface area contributed by atoms with Gasteiger partial charge in [-0.1, -0.05) is 20.8 Å². The van der Waals surface area contributed by atoms with Gasteiger partial charge in [-0.15, -0.1) is 11.8 Å². The third-order valence-corrected chi connectivity index (χ3v) is 3.55. The van der Waals surface area contributed by atoms with Gasteiger partial charge in [-0.25, -0.2) is 0 Å². The van der Waals surface area contributed by atoms with Crippen LogP contribution in [0.2, 0.25) is 0 Å². The lowest BCUT2D eigenvalue weighted by atomic mass is 9.67. The van der Waals surface area contributed by atoms with Crippen LogP contribution in [0.3, 0.4) is 0 Å². The van der Waals surface area contributed by atoms with Crippen molar-refractivity contribution in [3.63, 3.8) is 0 Å². The summed E-state index contributed by atoms with van der Waals surface area (Å²) in [6.45, 7) is 8.39. The number of hydrogen-bond acceptors (Lipinski definition) is 1. The number of carbonyl (C=O) groups excluding carboxylic acids is 1. The van der Waals surface area contributed by atoms with Crippen LogP contribution >= 0.6 is 0 Å². The minimum atomic E-state index is 0.0558. The van der Waals surface area contributed by atoms with Crippen molar-refractivity contribution < 1.29 is 4.79 Å². The Kier molecular flexibility index (Phi) is 3.97. The zero-order valence-electron chi connectivity index (χ0n) is 10.4. The average molecular weight is 206 g/mol. The second kappa shape index (κ2) is 4.84. The Morgan fingerprint density at radius 1 is 1.40 bits per heavy atom. The molecule has 0 heterocycles. The smallest absolute Gasteiger partial charge is 0.136 e. The molecule has 0 aromatic heterocycles. The molecule has 0 amide bonds. The molecule has 84 valence electrons. The van der Waals surface area contributed by atoms with Gasteiger partial charge in [0.2, 0.25) is 0 Å². The van der Waals surface area contributed by atoms with Crippen LogP contribution in [0, 0.1) is 29.1 Å². The van der Waals surface area contributed by atoms with E-state index in [0.717, 1.165) is 19.3 Å². The molecule has 1 aliphatic rings. The van der Waals surface area contributed by atoms with Gasteiger partial charge in [-0.05, 0) is 31.1 Å². The maximum atomic E-state index is 12.0. The van der Waals surface area contributed by atoms with Gasteiger partial charge >= 0.3 is 0 Å². The standard InChI is InChI=1S/C14H22O/c1-5-6-9-14(3,4)12-8-7-11(2)10-13(12)15/h11-12H,7-10H2,1-4H3. The molecule has 0 spiro atoms. The molecule has 0 bridgehead atoms. The van der Waals surface area contributed by atoms with Crippen LogP contribution in [0.15, 0.2) is 0 Å². The van der Waals surface area contributed by atoms with E-state index < -0.39 is 0 Å². The van der Waals surface area contributed by atoms with Crippen molar-refractivity contribution in [2.75, 3.05) is 0 Å². The molecule has 1 aliphatic carbocycles. The zero-order valence-corrected chi connectivity index (χ0v) is 10.4. The van der Waals surface area contributed by atoms with Crippen LogP contribution in [-0.2, 0) is 4.79 Å². The molecule has 2 unspecified atom stereocenters. The summed E-state index contributed by atoms with van der Waals surface area (Å²) in [7, 11) is 0. The van der Waals surface area contributed by atoms with E-state index in [2.05, 4.69) is 32.6 Å². The van der Waals surface area contributed by atoms with Crippen LogP contribution in [0.25, 0.3) is 0 Å². The second-order valence-corrected chi connectivity index (χ2v) is 5.50. The van der Waals surface area contributed by atoms with Gasteiger partial charge in [0.1, 0.15) is 5.78 Å². The van der Waals surface area contributed by atoms with Crippen LogP contribution in [0.5, 0.6) is 0 Å². The molecule has 1 nitrogen and oxygen atoms in total. The van der Waals surface area contributed by atoms with Crippen LogP contribution < -0.4 is 0 Å². The fraction of sp³-hybridized carbons (Fsp3) is 0.786. The van der Waals surface area contributed by atoms with Crippen LogP contribution in [0.4, 0.5) is 0 Å². The Labute approximate surface area is 93.6 Å². The van der Waals surface area contributed by atoms with E-state index in [4.69, 9.17) is 0 Å². The minimum absolute atomic E-state index is 0.0558. The monoisotopic (exact) mass is 206 g/mol. The van der Waals surface area contributed by atoms with Crippen molar-refractivity contribution >= 4 is 5.78 Å². The number of hydrogen-bond donors (Lipinski definition) is 0. The molecule has 0 radical (unpaired) electrons. The summed E-state index contributed by atoms with van der Waals surface area (Å²) in [6, 6.07) is 0. The van der Waals surface area contributed by atoms with E-state index in [1.165, 1.54) is 6.42 Å². The number of rotatable bonds is 2. The topological polar surface area (TPSA) is 17.1 Å². The maximum Gasteiger partial charge on any atom is 0.136 e. The SMILES string of the molecule is CC#CCC(C)(C)C1CCC(C)CC1=O. The average Bonchev–Trinajstić information content (AvgIpc) is 2.14. The van der Waals surface area contributed by atoms with Gasteiger partial charge in [0.25, 0.3) is 0 Å². The van der Waals surface area contributed by atoms with Gasteiger partial charge in [0, 0.05) is 18.8 Å². The van der Waals surface area contributed by atoms with Crippen molar-refractivity contribution in [3.8, 4) is 11.8 Å². The van der Waals surface area contributed by atoms with Crippen LogP contribution in [-0.4, -0.2) is 5.78 Å². The van der Waals surface area contributed by atoms with Crippen LogP contribution in [0.1, 0.15) is 53.4 Å². The highest BCUT2D eigenvalue weighted by Gasteiger charge is 2.37. The molecule has 1 fully saturated rings. The summed E-state index contributed by atoms with van der Waals surface area (Å²) in [5.41, 5.74) is 0.0558. The molecule has 2 atom stereocenters. The van der Waals surface area contributed by atoms with Crippen molar-refractivity contribution in [3.05, 3.63) is 0 Å². The third-order valence-electron chi connectivity index (χ3n) is 3.55. The van der Waals surface area contributed by atoms with E-state index in [1.807, 2.05) is 6.92 Å². The Morgan fingerprint density at radius 3 is 2.60 bits per heavy atom. The fourth-order valence-corrected chi connectivity index (χ4v) is 2.47. The molecule has 0 aromatic rings. The molecule has 15 heavy (non-hydrogen) atoms. The van der Waals surface area contributed by atoms with Crippen molar-refractivity contribution in [1.82, 2.24) is 0 Å². The molecule has 0 N–H and O–H groups in total. The summed E-state index contributed by atoms with van der Waals surface area (Å²) < 4.78 is 0. The fourth-order valence-electron chi connectivity index (χ4n) is 2.47. The minimum Gasteiger partial charge on any atom is -0.299 e. The highest BCUT2D eigenvalue weighted by atomic mass is 16.1. The van der Waals surface area contributed by atoms with Crippen molar-refractivity contribution in [1.29, 1.82) is 0 Å². The molecule has 1 heteroatoms. The third kappa shape index (κ3) is 3.09. The maximum absolute atomic E-state index is 12.0. The van der Waals surface area contributed by atoms with Gasteiger partial charge < -0.3 is 0 Å². The number of Topliss-reactive ketones (excluding diaryl/α,β-unsaturated/α-hetero) is 1. The van der Waals surface area contributed by atoms with Gasteiger partial charge in [-0.3, -0.25) is 4.79 Å². The second-order valence-electron chi connectivity index (χ2n) is 5.50. The first-order valence-corrected chi connectivity index (χ1v) is 5.89. The Morgan fingerprint density at radius 2 is 2.07 bits per heavy atom. The number of ketones is 1. The molecule has 0 saturated heterocycles. The molecule has 0 aromatic carbocycles. The molecule has 1 rings (SSSR count). The summed E-state index contributed by atoms with van der Waals surface area (Å²) in [6.07, 6.45) is 3.86. The Balaban J connectivity index is 2.68. The normalized spacial score (nSPS) is 27.1. The van der Waals surface area contributed by atoms with E-state index in [9.17, 15) is 4.79 Å². The van der Waals surface area contributed by atoms with E-state index in [-0.39, 0.29) is 11.3 Å². The molecular weight excluding hydrogens is 184 g/mol. The quantitative estimate of drug-likeness (QED) is 0.633. The van der Waals surface area contributed by atoms with Gasteiger partial charge in [0.15, 0.2) is 0 Å². The lowest BCUT2D eigenvalue weighted by Crippen LogP contribution is -2.35. The first kappa shape index (κ1) is 12.3. The highest BCUT2D eigenvalue weighted by molar-refractivity contribution is 5.82. The predicted octanol–water partition coefficient (Wildman–Crippen LogP) is 3.43. The van der Waals surface area contributed by atoms with Gasteiger partial charge in [-0.2, -0.15) is 0 Å². The first-order chi connectivity index (χ1) is 6.97. The van der Waals surface area contributed by atoms with Gasteiger partial charge in [0.05, 0.1) is 0 Å². The van der Waals surface area contributed by atoms with E-state index in [1.54, 1.807) is 0 Å². The molecule has 0 aliphatic heterocycles. The first-order valence-electron chi connectivity index (χ1n) is 5.89. The summed E-state index contributed by atoms with van der Waals surface area (Å²) in [4.78, 5) is 12.0. The van der Waals surface area contributed by atoms with E-state index >= 15 is 0 Å². The Hall–Kier alpha value is -0.770. The predicted molar refractivity (Wildman–Crippen MR) is 63.4 cm³/mol. The lowest BCUT2D eigenvalue weighted by Gasteiger charge is -2.36. The molecule has 1 saturated carbocycles. The summed E-state index contributed by atoms with van der Waals surface area (Å²) in [5, 5.41) is 0. The van der Waals surface area contributed by atoms with Crippen molar-refractivity contribution in [2.45, 2.75) is 53.4 Å². The highest BCUT2D eigenvalue weighted by Crippen LogP contribution is 2.39. The zero-order chi connectivity index (χ0) is 11.5.